The molecule has 0 bridgehead atoms. The summed E-state index contributed by atoms with van der Waals surface area (Å²) in [6.07, 6.45) is 4.93. The number of nitrogens with zero attached hydrogens (tertiary/aromatic N) is 3. The zero-order valence-electron chi connectivity index (χ0n) is 12.7. The van der Waals surface area contributed by atoms with Crippen molar-refractivity contribution in [2.75, 3.05) is 31.1 Å². The highest BCUT2D eigenvalue weighted by Crippen LogP contribution is 2.21. The number of hydrogen-bond donors (Lipinski definition) is 2. The van der Waals surface area contributed by atoms with Crippen molar-refractivity contribution in [2.45, 2.75) is 12.8 Å². The lowest BCUT2D eigenvalue weighted by Gasteiger charge is -2.30. The monoisotopic (exact) mass is 345 g/mol. The number of primary amides is 1. The fourth-order valence-electron chi connectivity index (χ4n) is 2.22. The van der Waals surface area contributed by atoms with Gasteiger partial charge in [-0.15, -0.1) is 12.4 Å². The molecule has 1 aromatic heterocycles. The lowest BCUT2D eigenvalue weighted by Crippen LogP contribution is -2.39. The van der Waals surface area contributed by atoms with Gasteiger partial charge in [-0.25, -0.2) is 14.4 Å². The number of nitrogens with two attached hydrogens (primary N) is 2. The number of carbonyl (C=O) groups is 1. The van der Waals surface area contributed by atoms with Crippen molar-refractivity contribution in [3.8, 4) is 5.75 Å². The lowest BCUT2D eigenvalue weighted by molar-refractivity contribution is -0.122. The molecular formula is C14H21ClFN5O2. The van der Waals surface area contributed by atoms with E-state index in [2.05, 4.69) is 9.97 Å². The van der Waals surface area contributed by atoms with Gasteiger partial charge in [-0.3, -0.25) is 4.79 Å². The molecule has 1 fully saturated rings. The van der Waals surface area contributed by atoms with Crippen molar-refractivity contribution in [3.63, 3.8) is 0 Å². The van der Waals surface area contributed by atoms with Crippen molar-refractivity contribution < 1.29 is 13.9 Å². The highest BCUT2D eigenvalue weighted by atomic mass is 35.5. The van der Waals surface area contributed by atoms with Crippen LogP contribution >= 0.6 is 12.4 Å². The Balaban J connectivity index is 0.00000264. The maximum atomic E-state index is 12.4. The molecule has 7 nitrogen and oxygen atoms in total. The van der Waals surface area contributed by atoms with Crippen LogP contribution in [0.25, 0.3) is 0 Å². The van der Waals surface area contributed by atoms with E-state index in [0.29, 0.717) is 49.5 Å². The van der Waals surface area contributed by atoms with E-state index in [9.17, 15) is 9.18 Å². The number of piperidine rings is 1. The molecule has 0 saturated carbocycles. The number of hydrogen-bond acceptors (Lipinski definition) is 6. The third kappa shape index (κ3) is 5.33. The molecule has 9 heteroatoms. The molecule has 1 amide bonds. The first-order valence-corrected chi connectivity index (χ1v) is 7.11. The van der Waals surface area contributed by atoms with E-state index in [1.165, 1.54) is 12.4 Å². The third-order valence-electron chi connectivity index (χ3n) is 3.64. The van der Waals surface area contributed by atoms with E-state index in [0.717, 1.165) is 0 Å². The van der Waals surface area contributed by atoms with Gasteiger partial charge in [0.1, 0.15) is 6.61 Å². The molecule has 1 saturated heterocycles. The van der Waals surface area contributed by atoms with Gasteiger partial charge >= 0.3 is 0 Å². The minimum absolute atomic E-state index is 0. The van der Waals surface area contributed by atoms with Crippen molar-refractivity contribution in [1.82, 2.24) is 9.97 Å². The van der Waals surface area contributed by atoms with Crippen molar-refractivity contribution >= 4 is 24.3 Å². The Labute approximate surface area is 140 Å². The van der Waals surface area contributed by atoms with Crippen LogP contribution in [-0.4, -0.2) is 42.1 Å². The average Bonchev–Trinajstić information content (AvgIpc) is 2.56. The van der Waals surface area contributed by atoms with Crippen LogP contribution in [0.4, 0.5) is 10.3 Å². The average molecular weight is 346 g/mol. The first-order chi connectivity index (χ1) is 10.6. The molecule has 0 aromatic carbocycles. The predicted molar refractivity (Wildman–Crippen MR) is 87.2 cm³/mol. The molecule has 1 aliphatic rings. The number of rotatable bonds is 6. The predicted octanol–water partition coefficient (Wildman–Crippen LogP) is 0.791. The summed E-state index contributed by atoms with van der Waals surface area (Å²) in [5.41, 5.74) is 11.0. The fourth-order valence-corrected chi connectivity index (χ4v) is 2.22. The largest absolute Gasteiger partial charge is 0.486 e. The van der Waals surface area contributed by atoms with Gasteiger partial charge in [-0.05, 0) is 12.8 Å². The second kappa shape index (κ2) is 9.26. The summed E-state index contributed by atoms with van der Waals surface area (Å²) in [6.45, 7) is 1.55. The van der Waals surface area contributed by atoms with Gasteiger partial charge in [-0.2, -0.15) is 0 Å². The fraction of sp³-hybridized carbons (Fsp3) is 0.500. The summed E-state index contributed by atoms with van der Waals surface area (Å²) < 4.78 is 17.7. The van der Waals surface area contributed by atoms with E-state index in [-0.39, 0.29) is 37.4 Å². The van der Waals surface area contributed by atoms with E-state index < -0.39 is 0 Å². The number of halogens is 2. The summed E-state index contributed by atoms with van der Waals surface area (Å²) in [7, 11) is 0. The summed E-state index contributed by atoms with van der Waals surface area (Å²) in [6, 6.07) is 0. The molecule has 0 unspecified atom stereocenters. The third-order valence-corrected chi connectivity index (χ3v) is 3.64. The molecule has 2 rings (SSSR count). The molecule has 1 aliphatic heterocycles. The minimum atomic E-state index is -0.249. The van der Waals surface area contributed by atoms with E-state index >= 15 is 0 Å². The Morgan fingerprint density at radius 2 is 2.00 bits per heavy atom. The Hall–Kier alpha value is -1.93. The Morgan fingerprint density at radius 3 is 2.48 bits per heavy atom. The SMILES string of the molecule is Cl.NC/C(=C\F)COc1cnc(N2CCC(C(N)=O)CC2)nc1. The Bertz CT molecular complexity index is 532. The minimum Gasteiger partial charge on any atom is -0.486 e. The number of amides is 1. The lowest BCUT2D eigenvalue weighted by atomic mass is 9.96. The zero-order chi connectivity index (χ0) is 15.9. The van der Waals surface area contributed by atoms with Crippen molar-refractivity contribution in [1.29, 1.82) is 0 Å². The maximum Gasteiger partial charge on any atom is 0.225 e. The summed E-state index contributed by atoms with van der Waals surface area (Å²) >= 11 is 0. The zero-order valence-corrected chi connectivity index (χ0v) is 13.5. The van der Waals surface area contributed by atoms with Crippen molar-refractivity contribution in [3.05, 3.63) is 24.3 Å². The van der Waals surface area contributed by atoms with Gasteiger partial charge in [0.25, 0.3) is 0 Å². The maximum absolute atomic E-state index is 12.4. The molecular weight excluding hydrogens is 325 g/mol. The smallest absolute Gasteiger partial charge is 0.225 e. The first-order valence-electron chi connectivity index (χ1n) is 7.11. The first kappa shape index (κ1) is 19.1. The molecule has 0 aliphatic carbocycles. The van der Waals surface area contributed by atoms with Crippen molar-refractivity contribution in [2.24, 2.45) is 17.4 Å². The van der Waals surface area contributed by atoms with Crippen LogP contribution in [0.15, 0.2) is 24.3 Å². The number of ether oxygens (including phenoxy) is 1. The van der Waals surface area contributed by atoms with Gasteiger partial charge < -0.3 is 21.1 Å². The van der Waals surface area contributed by atoms with Gasteiger partial charge in [-0.1, -0.05) is 0 Å². The highest BCUT2D eigenvalue weighted by molar-refractivity contribution is 5.85. The molecule has 0 spiro atoms. The number of anilines is 1. The van der Waals surface area contributed by atoms with Crippen LogP contribution in [0, 0.1) is 5.92 Å². The Kier molecular flexibility index (Phi) is 7.70. The van der Waals surface area contributed by atoms with Crippen LogP contribution in [0.3, 0.4) is 0 Å². The topological polar surface area (TPSA) is 107 Å². The van der Waals surface area contributed by atoms with Gasteiger partial charge in [0.15, 0.2) is 5.75 Å². The Morgan fingerprint density at radius 1 is 1.39 bits per heavy atom. The van der Waals surface area contributed by atoms with Gasteiger partial charge in [0, 0.05) is 31.1 Å². The second-order valence-electron chi connectivity index (χ2n) is 5.14. The molecule has 2 heterocycles. The summed E-state index contributed by atoms with van der Waals surface area (Å²) in [5, 5.41) is 0. The molecule has 0 radical (unpaired) electrons. The van der Waals surface area contributed by atoms with Gasteiger partial charge in [0.2, 0.25) is 11.9 Å². The second-order valence-corrected chi connectivity index (χ2v) is 5.14. The molecule has 1 aromatic rings. The molecule has 0 atom stereocenters. The molecule has 4 N–H and O–H groups in total. The van der Waals surface area contributed by atoms with Crippen LogP contribution in [0.2, 0.25) is 0 Å². The van der Waals surface area contributed by atoms with E-state index in [1.807, 2.05) is 4.90 Å². The van der Waals surface area contributed by atoms with E-state index in [4.69, 9.17) is 16.2 Å². The quantitative estimate of drug-likeness (QED) is 0.789. The van der Waals surface area contributed by atoms with Crippen LogP contribution in [0.1, 0.15) is 12.8 Å². The molecule has 128 valence electrons. The standard InChI is InChI=1S/C14H20FN5O2.ClH/c15-5-10(6-16)9-22-12-7-18-14(19-8-12)20-3-1-11(2-4-20)13(17)21;/h5,7-8,11H,1-4,6,9,16H2,(H2,17,21);1H/b10-5+;. The van der Waals surface area contributed by atoms with E-state index in [1.54, 1.807) is 0 Å². The molecule has 23 heavy (non-hydrogen) atoms. The highest BCUT2D eigenvalue weighted by Gasteiger charge is 2.24. The van der Waals surface area contributed by atoms with Crippen LogP contribution < -0.4 is 21.1 Å². The van der Waals surface area contributed by atoms with Crippen LogP contribution in [0.5, 0.6) is 5.75 Å². The summed E-state index contributed by atoms with van der Waals surface area (Å²) in [5.74, 6) is 0.709. The van der Waals surface area contributed by atoms with Crippen LogP contribution in [-0.2, 0) is 4.79 Å². The van der Waals surface area contributed by atoms with Gasteiger partial charge in [0.05, 0.1) is 18.7 Å². The normalized spacial score (nSPS) is 15.9. The summed E-state index contributed by atoms with van der Waals surface area (Å²) in [4.78, 5) is 21.6. The number of aromatic nitrogens is 2. The number of carbonyl (C=O) groups excluding carboxylic acids is 1.